The van der Waals surface area contributed by atoms with Gasteiger partial charge in [-0.25, -0.2) is 0 Å². The molecule has 0 unspecified atom stereocenters. The minimum absolute atomic E-state index is 0.0561. The summed E-state index contributed by atoms with van der Waals surface area (Å²) in [5.74, 6) is -0.252. The molecule has 2 heterocycles. The molecule has 1 atom stereocenters. The molecular formula is C21H25N3O5. The van der Waals surface area contributed by atoms with Gasteiger partial charge in [0.05, 0.1) is 19.1 Å². The van der Waals surface area contributed by atoms with Crippen molar-refractivity contribution < 1.29 is 23.5 Å². The summed E-state index contributed by atoms with van der Waals surface area (Å²) >= 11 is 0. The summed E-state index contributed by atoms with van der Waals surface area (Å²) in [4.78, 5) is 38.8. The fraction of sp³-hybridized carbons (Fsp3) is 0.381. The first-order valence-electron chi connectivity index (χ1n) is 9.54. The third-order valence-electron chi connectivity index (χ3n) is 4.79. The summed E-state index contributed by atoms with van der Waals surface area (Å²) < 4.78 is 10.5. The second-order valence-corrected chi connectivity index (χ2v) is 7.20. The minimum atomic E-state index is -0.751. The highest BCUT2D eigenvalue weighted by Crippen LogP contribution is 2.33. The fourth-order valence-corrected chi connectivity index (χ4v) is 3.26. The molecule has 1 aromatic carbocycles. The number of anilines is 2. The fourth-order valence-electron chi connectivity index (χ4n) is 3.26. The second-order valence-electron chi connectivity index (χ2n) is 7.20. The topological polar surface area (TPSA) is 101 Å². The molecule has 0 spiro atoms. The first kappa shape index (κ1) is 20.4. The first-order chi connectivity index (χ1) is 13.9. The Morgan fingerprint density at radius 1 is 1.24 bits per heavy atom. The van der Waals surface area contributed by atoms with Crippen molar-refractivity contribution in [3.63, 3.8) is 0 Å². The van der Waals surface area contributed by atoms with Crippen molar-refractivity contribution in [3.05, 3.63) is 42.4 Å². The van der Waals surface area contributed by atoms with Gasteiger partial charge >= 0.3 is 0 Å². The van der Waals surface area contributed by atoms with E-state index in [1.807, 2.05) is 13.8 Å². The molecule has 0 bridgehead atoms. The SMILES string of the molecule is COc1cc(NC(=O)[C@H](NC(=O)c2ccco2)C(C)C)ccc1N1CCCC1=O. The van der Waals surface area contributed by atoms with E-state index in [0.29, 0.717) is 30.1 Å². The van der Waals surface area contributed by atoms with Gasteiger partial charge in [0.25, 0.3) is 5.91 Å². The van der Waals surface area contributed by atoms with Gasteiger partial charge in [-0.05, 0) is 36.6 Å². The number of hydrogen-bond donors (Lipinski definition) is 2. The molecule has 3 amide bonds. The van der Waals surface area contributed by atoms with Gasteiger partial charge in [-0.15, -0.1) is 0 Å². The lowest BCUT2D eigenvalue weighted by Crippen LogP contribution is -2.47. The number of amides is 3. The highest BCUT2D eigenvalue weighted by atomic mass is 16.5. The average molecular weight is 399 g/mol. The maximum atomic E-state index is 12.8. The van der Waals surface area contributed by atoms with Crippen LogP contribution in [0.25, 0.3) is 0 Å². The summed E-state index contributed by atoms with van der Waals surface area (Å²) in [5, 5.41) is 5.51. The Kier molecular flexibility index (Phi) is 6.21. The van der Waals surface area contributed by atoms with Crippen LogP contribution in [-0.2, 0) is 9.59 Å². The van der Waals surface area contributed by atoms with Gasteiger partial charge in [-0.3, -0.25) is 14.4 Å². The van der Waals surface area contributed by atoms with Gasteiger partial charge in [0.15, 0.2) is 5.76 Å². The number of carbonyl (C=O) groups is 3. The zero-order valence-corrected chi connectivity index (χ0v) is 16.7. The van der Waals surface area contributed by atoms with Crippen LogP contribution >= 0.6 is 0 Å². The number of benzene rings is 1. The van der Waals surface area contributed by atoms with Crippen LogP contribution in [0.15, 0.2) is 41.0 Å². The molecule has 1 aromatic heterocycles. The van der Waals surface area contributed by atoms with Crippen molar-refractivity contribution in [2.24, 2.45) is 5.92 Å². The summed E-state index contributed by atoms with van der Waals surface area (Å²) in [5.41, 5.74) is 1.19. The molecule has 8 heteroatoms. The minimum Gasteiger partial charge on any atom is -0.494 e. The standard InChI is InChI=1S/C21H25N3O5/c1-13(2)19(23-20(26)16-6-5-11-29-16)21(27)22-14-8-9-15(17(12-14)28-3)24-10-4-7-18(24)25/h5-6,8-9,11-13,19H,4,7,10H2,1-3H3,(H,22,27)(H,23,26)/t19-/m1/s1. The van der Waals surface area contributed by atoms with Gasteiger partial charge in [0.1, 0.15) is 11.8 Å². The number of nitrogens with one attached hydrogen (secondary N) is 2. The number of furan rings is 1. The maximum absolute atomic E-state index is 12.8. The lowest BCUT2D eigenvalue weighted by molar-refractivity contribution is -0.119. The summed E-state index contributed by atoms with van der Waals surface area (Å²) in [6, 6.07) is 7.53. The van der Waals surface area contributed by atoms with E-state index in [0.717, 1.165) is 6.42 Å². The highest BCUT2D eigenvalue weighted by Gasteiger charge is 2.27. The number of ether oxygens (including phenoxy) is 1. The van der Waals surface area contributed by atoms with E-state index in [1.165, 1.54) is 19.4 Å². The van der Waals surface area contributed by atoms with E-state index in [2.05, 4.69) is 10.6 Å². The van der Waals surface area contributed by atoms with Crippen LogP contribution in [0.2, 0.25) is 0 Å². The zero-order valence-electron chi connectivity index (χ0n) is 16.7. The molecule has 1 aliphatic rings. The van der Waals surface area contributed by atoms with E-state index in [1.54, 1.807) is 29.2 Å². The molecule has 0 saturated carbocycles. The predicted molar refractivity (Wildman–Crippen MR) is 108 cm³/mol. The van der Waals surface area contributed by atoms with E-state index < -0.39 is 11.9 Å². The smallest absolute Gasteiger partial charge is 0.287 e. The van der Waals surface area contributed by atoms with Gasteiger partial charge < -0.3 is 24.7 Å². The molecule has 154 valence electrons. The van der Waals surface area contributed by atoms with E-state index in [-0.39, 0.29) is 23.5 Å². The van der Waals surface area contributed by atoms with Crippen LogP contribution in [0.3, 0.4) is 0 Å². The zero-order chi connectivity index (χ0) is 21.0. The molecule has 1 aliphatic heterocycles. The van der Waals surface area contributed by atoms with Crippen LogP contribution in [0.4, 0.5) is 11.4 Å². The van der Waals surface area contributed by atoms with E-state index in [9.17, 15) is 14.4 Å². The average Bonchev–Trinajstić information content (AvgIpc) is 3.37. The van der Waals surface area contributed by atoms with Crippen LogP contribution < -0.4 is 20.3 Å². The van der Waals surface area contributed by atoms with Gasteiger partial charge in [-0.2, -0.15) is 0 Å². The number of carbonyl (C=O) groups excluding carboxylic acids is 3. The van der Waals surface area contributed by atoms with Crippen LogP contribution in [0.1, 0.15) is 37.2 Å². The van der Waals surface area contributed by atoms with Crippen molar-refractivity contribution >= 4 is 29.1 Å². The molecule has 3 rings (SSSR count). The van der Waals surface area contributed by atoms with Crippen molar-refractivity contribution in [2.45, 2.75) is 32.7 Å². The Bertz CT molecular complexity index is 892. The maximum Gasteiger partial charge on any atom is 0.287 e. The Hall–Kier alpha value is -3.29. The van der Waals surface area contributed by atoms with Crippen molar-refractivity contribution in [3.8, 4) is 5.75 Å². The van der Waals surface area contributed by atoms with Crippen LogP contribution in [0, 0.1) is 5.92 Å². The van der Waals surface area contributed by atoms with E-state index >= 15 is 0 Å². The Balaban J connectivity index is 1.74. The molecule has 2 N–H and O–H groups in total. The molecule has 0 aliphatic carbocycles. The molecule has 8 nitrogen and oxygen atoms in total. The third-order valence-corrected chi connectivity index (χ3v) is 4.79. The monoisotopic (exact) mass is 399 g/mol. The van der Waals surface area contributed by atoms with Gasteiger partial charge in [0, 0.05) is 24.7 Å². The number of methoxy groups -OCH3 is 1. The van der Waals surface area contributed by atoms with Crippen LogP contribution in [0.5, 0.6) is 5.75 Å². The van der Waals surface area contributed by atoms with Crippen molar-refractivity contribution in [1.82, 2.24) is 5.32 Å². The number of hydrogen-bond acceptors (Lipinski definition) is 5. The molecule has 2 aromatic rings. The summed E-state index contributed by atoms with van der Waals surface area (Å²) in [6.07, 6.45) is 2.73. The lowest BCUT2D eigenvalue weighted by Gasteiger charge is -2.22. The number of rotatable bonds is 7. The second kappa shape index (κ2) is 8.81. The first-order valence-corrected chi connectivity index (χ1v) is 9.54. The van der Waals surface area contributed by atoms with Crippen LogP contribution in [-0.4, -0.2) is 37.4 Å². The van der Waals surface area contributed by atoms with E-state index in [4.69, 9.17) is 9.15 Å². The Labute approximate surface area is 169 Å². The molecule has 29 heavy (non-hydrogen) atoms. The van der Waals surface area contributed by atoms with Crippen molar-refractivity contribution in [2.75, 3.05) is 23.9 Å². The third kappa shape index (κ3) is 4.59. The molecule has 1 fully saturated rings. The normalized spacial score (nSPS) is 14.8. The molecule has 0 radical (unpaired) electrons. The Morgan fingerprint density at radius 3 is 2.62 bits per heavy atom. The van der Waals surface area contributed by atoms with Crippen molar-refractivity contribution in [1.29, 1.82) is 0 Å². The highest BCUT2D eigenvalue weighted by molar-refractivity contribution is 6.01. The molecular weight excluding hydrogens is 374 g/mol. The lowest BCUT2D eigenvalue weighted by atomic mass is 10.0. The predicted octanol–water partition coefficient (Wildman–Crippen LogP) is 2.81. The van der Waals surface area contributed by atoms with Gasteiger partial charge in [0.2, 0.25) is 11.8 Å². The Morgan fingerprint density at radius 2 is 2.03 bits per heavy atom. The number of nitrogens with zero attached hydrogens (tertiary/aromatic N) is 1. The largest absolute Gasteiger partial charge is 0.494 e. The summed E-state index contributed by atoms with van der Waals surface area (Å²) in [7, 11) is 1.52. The quantitative estimate of drug-likeness (QED) is 0.746. The van der Waals surface area contributed by atoms with Gasteiger partial charge in [-0.1, -0.05) is 13.8 Å². The summed E-state index contributed by atoms with van der Waals surface area (Å²) in [6.45, 7) is 4.33. The molecule has 1 saturated heterocycles.